The number of halogens is 4. The molecule has 1 unspecified atom stereocenters. The molecule has 1 atom stereocenters. The van der Waals surface area contributed by atoms with Gasteiger partial charge < -0.3 is 10.6 Å². The van der Waals surface area contributed by atoms with Gasteiger partial charge in [-0.05, 0) is 31.5 Å². The molecule has 0 radical (unpaired) electrons. The highest BCUT2D eigenvalue weighted by Crippen LogP contribution is 2.43. The summed E-state index contributed by atoms with van der Waals surface area (Å²) >= 11 is 7.12. The first-order valence-corrected chi connectivity index (χ1v) is 7.34. The molecule has 8 heteroatoms. The van der Waals surface area contributed by atoms with Crippen molar-refractivity contribution in [1.82, 2.24) is 10.6 Å². The largest absolute Gasteiger partial charge is 0.404 e. The van der Waals surface area contributed by atoms with E-state index < -0.39 is 17.5 Å². The number of hydrogen-bond acceptors (Lipinski definition) is 3. The van der Waals surface area contributed by atoms with Gasteiger partial charge in [-0.3, -0.25) is 4.79 Å². The van der Waals surface area contributed by atoms with Gasteiger partial charge in [-0.25, -0.2) is 0 Å². The minimum absolute atomic E-state index is 0.174. The van der Waals surface area contributed by atoms with Crippen molar-refractivity contribution in [2.45, 2.75) is 19.0 Å². The lowest BCUT2D eigenvalue weighted by atomic mass is 9.85. The first kappa shape index (κ1) is 15.6. The summed E-state index contributed by atoms with van der Waals surface area (Å²) in [7, 11) is 0. The first-order valence-electron chi connectivity index (χ1n) is 6.15. The fraction of sp³-hybridized carbons (Fsp3) is 0.583. The summed E-state index contributed by atoms with van der Waals surface area (Å²) in [6.45, 7) is 0.0220. The first-order chi connectivity index (χ1) is 9.35. The zero-order valence-corrected chi connectivity index (χ0v) is 12.1. The standard InChI is InChI=1S/C12H14ClF3N2OS/c13-9-2-1-8(20-9)3-5-18-10(19)11(12(14,15)16)4-6-17-7-11/h1-2,17H,3-7H2,(H,18,19). The van der Waals surface area contributed by atoms with E-state index >= 15 is 0 Å². The fourth-order valence-electron chi connectivity index (χ4n) is 2.21. The summed E-state index contributed by atoms with van der Waals surface area (Å²) in [5, 5.41) is 5.01. The average Bonchev–Trinajstić information content (AvgIpc) is 2.97. The summed E-state index contributed by atoms with van der Waals surface area (Å²) in [5.41, 5.74) is -2.29. The summed E-state index contributed by atoms with van der Waals surface area (Å²) in [6.07, 6.45) is -4.27. The second kappa shape index (κ2) is 5.91. The lowest BCUT2D eigenvalue weighted by molar-refractivity contribution is -0.215. The van der Waals surface area contributed by atoms with Crippen LogP contribution in [0.2, 0.25) is 4.34 Å². The van der Waals surface area contributed by atoms with Crippen LogP contribution in [-0.4, -0.2) is 31.7 Å². The van der Waals surface area contributed by atoms with Crippen molar-refractivity contribution < 1.29 is 18.0 Å². The topological polar surface area (TPSA) is 41.1 Å². The van der Waals surface area contributed by atoms with Crippen LogP contribution in [-0.2, 0) is 11.2 Å². The number of amides is 1. The molecular formula is C12H14ClF3N2OS. The van der Waals surface area contributed by atoms with E-state index in [1.165, 1.54) is 11.3 Å². The Labute approximate surface area is 123 Å². The number of rotatable bonds is 4. The van der Waals surface area contributed by atoms with Crippen LogP contribution in [0.3, 0.4) is 0 Å². The van der Waals surface area contributed by atoms with E-state index in [1.54, 1.807) is 12.1 Å². The zero-order valence-electron chi connectivity index (χ0n) is 10.5. The predicted octanol–water partition coefficient (Wildman–Crippen LogP) is 2.60. The third-order valence-corrected chi connectivity index (χ3v) is 4.71. The lowest BCUT2D eigenvalue weighted by Gasteiger charge is -2.29. The van der Waals surface area contributed by atoms with E-state index in [0.29, 0.717) is 10.8 Å². The number of carbonyl (C=O) groups excluding carboxylic acids is 1. The maximum Gasteiger partial charge on any atom is 0.404 e. The van der Waals surface area contributed by atoms with Crippen molar-refractivity contribution in [2.24, 2.45) is 5.41 Å². The highest BCUT2D eigenvalue weighted by Gasteiger charge is 2.61. The second-order valence-corrected chi connectivity index (χ2v) is 6.52. The Morgan fingerprint density at radius 2 is 2.25 bits per heavy atom. The molecule has 1 aromatic heterocycles. The maximum absolute atomic E-state index is 13.1. The Balaban J connectivity index is 1.93. The molecule has 1 amide bonds. The number of nitrogens with one attached hydrogen (secondary N) is 2. The number of carbonyl (C=O) groups is 1. The van der Waals surface area contributed by atoms with Gasteiger partial charge in [-0.1, -0.05) is 11.6 Å². The van der Waals surface area contributed by atoms with E-state index in [-0.39, 0.29) is 26.1 Å². The monoisotopic (exact) mass is 326 g/mol. The molecule has 0 spiro atoms. The minimum Gasteiger partial charge on any atom is -0.355 e. The van der Waals surface area contributed by atoms with Gasteiger partial charge in [0.15, 0.2) is 5.41 Å². The molecule has 1 saturated heterocycles. The molecule has 1 aliphatic heterocycles. The van der Waals surface area contributed by atoms with Crippen molar-refractivity contribution in [3.05, 3.63) is 21.3 Å². The van der Waals surface area contributed by atoms with Crippen molar-refractivity contribution in [2.75, 3.05) is 19.6 Å². The molecule has 1 fully saturated rings. The van der Waals surface area contributed by atoms with Gasteiger partial charge in [-0.15, -0.1) is 11.3 Å². The molecule has 2 rings (SSSR count). The van der Waals surface area contributed by atoms with Gasteiger partial charge in [0.2, 0.25) is 5.91 Å². The normalized spacial score (nSPS) is 23.0. The zero-order chi connectivity index (χ0) is 14.8. The van der Waals surface area contributed by atoms with Crippen LogP contribution in [0.1, 0.15) is 11.3 Å². The van der Waals surface area contributed by atoms with E-state index in [1.807, 2.05) is 0 Å². The highest BCUT2D eigenvalue weighted by molar-refractivity contribution is 7.16. The molecule has 1 aromatic rings. The Morgan fingerprint density at radius 3 is 2.75 bits per heavy atom. The van der Waals surface area contributed by atoms with E-state index in [9.17, 15) is 18.0 Å². The summed E-state index contributed by atoms with van der Waals surface area (Å²) in [4.78, 5) is 12.8. The molecular weight excluding hydrogens is 313 g/mol. The second-order valence-electron chi connectivity index (χ2n) is 4.72. The fourth-order valence-corrected chi connectivity index (χ4v) is 3.30. The van der Waals surface area contributed by atoms with Gasteiger partial charge in [0.1, 0.15) is 0 Å². The Hall–Kier alpha value is -0.790. The van der Waals surface area contributed by atoms with E-state index in [4.69, 9.17) is 11.6 Å². The van der Waals surface area contributed by atoms with Crippen LogP contribution in [0, 0.1) is 5.41 Å². The van der Waals surface area contributed by atoms with Crippen LogP contribution in [0.15, 0.2) is 12.1 Å². The third-order valence-electron chi connectivity index (χ3n) is 3.42. The van der Waals surface area contributed by atoms with Crippen molar-refractivity contribution in [3.8, 4) is 0 Å². The SMILES string of the molecule is O=C(NCCc1ccc(Cl)s1)C1(C(F)(F)F)CCNC1. The lowest BCUT2D eigenvalue weighted by Crippen LogP contribution is -2.52. The number of alkyl halides is 3. The molecule has 112 valence electrons. The predicted molar refractivity (Wildman–Crippen MR) is 72.0 cm³/mol. The van der Waals surface area contributed by atoms with Crippen LogP contribution < -0.4 is 10.6 Å². The molecule has 0 bridgehead atoms. The van der Waals surface area contributed by atoms with Crippen LogP contribution >= 0.6 is 22.9 Å². The van der Waals surface area contributed by atoms with E-state index in [2.05, 4.69) is 10.6 Å². The Bertz CT molecular complexity index is 483. The molecule has 2 heterocycles. The number of hydrogen-bond donors (Lipinski definition) is 2. The molecule has 3 nitrogen and oxygen atoms in total. The smallest absolute Gasteiger partial charge is 0.355 e. The highest BCUT2D eigenvalue weighted by atomic mass is 35.5. The molecule has 20 heavy (non-hydrogen) atoms. The van der Waals surface area contributed by atoms with E-state index in [0.717, 1.165) is 4.88 Å². The average molecular weight is 327 g/mol. The van der Waals surface area contributed by atoms with Crippen molar-refractivity contribution >= 4 is 28.8 Å². The Kier molecular flexibility index (Phi) is 4.61. The minimum atomic E-state index is -4.53. The molecule has 0 aromatic carbocycles. The van der Waals surface area contributed by atoms with Gasteiger partial charge >= 0.3 is 6.18 Å². The quantitative estimate of drug-likeness (QED) is 0.893. The summed E-state index contributed by atoms with van der Waals surface area (Å²) < 4.78 is 39.9. The molecule has 0 aliphatic carbocycles. The van der Waals surface area contributed by atoms with Crippen molar-refractivity contribution in [3.63, 3.8) is 0 Å². The van der Waals surface area contributed by atoms with Gasteiger partial charge in [0, 0.05) is 18.0 Å². The summed E-state index contributed by atoms with van der Waals surface area (Å²) in [6, 6.07) is 3.53. The van der Waals surface area contributed by atoms with Crippen LogP contribution in [0.4, 0.5) is 13.2 Å². The third kappa shape index (κ3) is 3.10. The van der Waals surface area contributed by atoms with Gasteiger partial charge in [0.05, 0.1) is 4.34 Å². The molecule has 2 N–H and O–H groups in total. The van der Waals surface area contributed by atoms with Gasteiger partial charge in [0.25, 0.3) is 0 Å². The Morgan fingerprint density at radius 1 is 1.50 bits per heavy atom. The van der Waals surface area contributed by atoms with Crippen LogP contribution in [0.25, 0.3) is 0 Å². The summed E-state index contributed by atoms with van der Waals surface area (Å²) in [5.74, 6) is -0.947. The van der Waals surface area contributed by atoms with Crippen molar-refractivity contribution in [1.29, 1.82) is 0 Å². The number of thiophene rings is 1. The van der Waals surface area contributed by atoms with Crippen LogP contribution in [0.5, 0.6) is 0 Å². The molecule has 1 aliphatic rings. The molecule has 0 saturated carbocycles. The maximum atomic E-state index is 13.1. The van der Waals surface area contributed by atoms with Gasteiger partial charge in [-0.2, -0.15) is 13.2 Å².